The molecular formula is C22H18ClF3N6. The van der Waals surface area contributed by atoms with Crippen molar-refractivity contribution in [3.05, 3.63) is 70.9 Å². The van der Waals surface area contributed by atoms with E-state index in [1.165, 1.54) is 29.5 Å². The van der Waals surface area contributed by atoms with Crippen LogP contribution in [0.4, 0.5) is 13.2 Å². The van der Waals surface area contributed by atoms with Crippen LogP contribution in [0.3, 0.4) is 0 Å². The molecule has 0 spiro atoms. The molecule has 4 aromatic rings. The quantitative estimate of drug-likeness (QED) is 0.437. The second kappa shape index (κ2) is 8.05. The molecule has 1 atom stereocenters. The molecule has 0 saturated heterocycles. The largest absolute Gasteiger partial charge is 0.437 e. The zero-order valence-electron chi connectivity index (χ0n) is 16.8. The van der Waals surface area contributed by atoms with Gasteiger partial charge in [0.05, 0.1) is 12.0 Å². The zero-order chi connectivity index (χ0) is 22.3. The zero-order valence-corrected chi connectivity index (χ0v) is 17.5. The van der Waals surface area contributed by atoms with E-state index in [9.17, 15) is 13.2 Å². The average Bonchev–Trinajstić information content (AvgIpc) is 3.44. The van der Waals surface area contributed by atoms with Gasteiger partial charge in [0.15, 0.2) is 5.69 Å². The molecule has 0 aliphatic heterocycles. The smallest absolute Gasteiger partial charge is 0.336 e. The molecule has 0 unspecified atom stereocenters. The van der Waals surface area contributed by atoms with E-state index in [0.717, 1.165) is 24.3 Å². The fraction of sp³-hybridized carbons (Fsp3) is 0.273. The Bertz CT molecular complexity index is 1260. The average molecular weight is 459 g/mol. The van der Waals surface area contributed by atoms with E-state index >= 15 is 0 Å². The summed E-state index contributed by atoms with van der Waals surface area (Å²) in [7, 11) is 0. The van der Waals surface area contributed by atoms with Gasteiger partial charge in [0, 0.05) is 35.4 Å². The monoisotopic (exact) mass is 458 g/mol. The Hall–Kier alpha value is -3.20. The van der Waals surface area contributed by atoms with Crippen LogP contribution >= 0.6 is 11.6 Å². The first kappa shape index (κ1) is 20.7. The van der Waals surface area contributed by atoms with Crippen molar-refractivity contribution in [3.8, 4) is 22.6 Å². The van der Waals surface area contributed by atoms with Crippen molar-refractivity contribution in [2.45, 2.75) is 37.9 Å². The number of aromatic nitrogens is 6. The predicted octanol–water partition coefficient (Wildman–Crippen LogP) is 5.52. The van der Waals surface area contributed by atoms with Crippen LogP contribution in [-0.4, -0.2) is 29.9 Å². The van der Waals surface area contributed by atoms with E-state index in [2.05, 4.69) is 31.4 Å². The molecule has 32 heavy (non-hydrogen) atoms. The number of nitrogens with zero attached hydrogens (tertiary/aromatic N) is 5. The first-order valence-electron chi connectivity index (χ1n) is 10.1. The molecule has 0 bridgehead atoms. The van der Waals surface area contributed by atoms with E-state index in [4.69, 9.17) is 11.6 Å². The van der Waals surface area contributed by atoms with Gasteiger partial charge < -0.3 is 4.57 Å². The van der Waals surface area contributed by atoms with Crippen LogP contribution in [0.15, 0.2) is 49.1 Å². The van der Waals surface area contributed by atoms with E-state index < -0.39 is 11.9 Å². The van der Waals surface area contributed by atoms with Crippen molar-refractivity contribution in [2.24, 2.45) is 0 Å². The number of H-pyrrole nitrogens is 1. The maximum absolute atomic E-state index is 13.2. The molecule has 0 fully saturated rings. The molecule has 1 aliphatic rings. The Morgan fingerprint density at radius 3 is 2.84 bits per heavy atom. The van der Waals surface area contributed by atoms with Gasteiger partial charge in [0.25, 0.3) is 0 Å². The van der Waals surface area contributed by atoms with Gasteiger partial charge in [0.2, 0.25) is 0 Å². The van der Waals surface area contributed by atoms with Crippen molar-refractivity contribution in [2.75, 3.05) is 0 Å². The second-order valence-electron chi connectivity index (χ2n) is 7.81. The minimum Gasteiger partial charge on any atom is -0.336 e. The summed E-state index contributed by atoms with van der Waals surface area (Å²) < 4.78 is 41.5. The Morgan fingerprint density at radius 2 is 2.00 bits per heavy atom. The number of hydrogen-bond acceptors (Lipinski definition) is 4. The number of fused-ring (bicyclic) bond motifs is 1. The van der Waals surface area contributed by atoms with Crippen LogP contribution in [-0.2, 0) is 19.1 Å². The Kier molecular flexibility index (Phi) is 5.21. The fourth-order valence-corrected chi connectivity index (χ4v) is 4.67. The van der Waals surface area contributed by atoms with Crippen LogP contribution < -0.4 is 0 Å². The summed E-state index contributed by atoms with van der Waals surface area (Å²) in [6, 6.07) is 9.03. The molecule has 1 aromatic carbocycles. The maximum Gasteiger partial charge on any atom is 0.437 e. The van der Waals surface area contributed by atoms with Crippen molar-refractivity contribution < 1.29 is 13.2 Å². The second-order valence-corrected chi connectivity index (χ2v) is 8.21. The van der Waals surface area contributed by atoms with Gasteiger partial charge in [0.1, 0.15) is 11.4 Å². The maximum atomic E-state index is 13.2. The highest BCUT2D eigenvalue weighted by Gasteiger charge is 2.38. The van der Waals surface area contributed by atoms with Gasteiger partial charge in [-0.05, 0) is 48.6 Å². The third kappa shape index (κ3) is 3.88. The lowest BCUT2D eigenvalue weighted by molar-refractivity contribution is -0.140. The number of alkyl halides is 3. The van der Waals surface area contributed by atoms with Crippen LogP contribution in [0.2, 0.25) is 5.02 Å². The molecule has 1 N–H and O–H groups in total. The lowest BCUT2D eigenvalue weighted by Gasteiger charge is -2.26. The lowest BCUT2D eigenvalue weighted by atomic mass is 9.82. The fourth-order valence-electron chi connectivity index (χ4n) is 4.32. The predicted molar refractivity (Wildman–Crippen MR) is 113 cm³/mol. The number of aryl methyl sites for hydroxylation is 1. The van der Waals surface area contributed by atoms with Gasteiger partial charge in [-0.3, -0.25) is 4.98 Å². The summed E-state index contributed by atoms with van der Waals surface area (Å²) >= 11 is 6.49. The Labute approximate surface area is 186 Å². The van der Waals surface area contributed by atoms with Gasteiger partial charge in [-0.15, -0.1) is 0 Å². The standard InChI is InChI=1S/C22H18ClF3N6/c23-16-6-2-4-13-3-1-5-15(19(13)16)10-32-11-18(28-12-32)17-9-14(7-8-27-17)20-21(22(24,25)26)30-31-29-20/h2,4,6-9,11-12,15H,1,3,5,10H2,(H,29,30,31)/t15-/m0/s1. The van der Waals surface area contributed by atoms with Crippen molar-refractivity contribution in [3.63, 3.8) is 0 Å². The summed E-state index contributed by atoms with van der Waals surface area (Å²) in [5.74, 6) is 0.276. The molecule has 0 amide bonds. The Balaban J connectivity index is 1.41. The van der Waals surface area contributed by atoms with E-state index in [1.807, 2.05) is 22.9 Å². The van der Waals surface area contributed by atoms with Gasteiger partial charge in [-0.2, -0.15) is 28.6 Å². The van der Waals surface area contributed by atoms with Crippen LogP contribution in [0, 0.1) is 0 Å². The SMILES string of the molecule is FC(F)(F)c1n[nH]nc1-c1ccnc(-c2cn(C[C@@H]3CCCc4cccc(Cl)c43)cn2)c1. The highest BCUT2D eigenvalue weighted by Crippen LogP contribution is 2.38. The van der Waals surface area contributed by atoms with Crippen LogP contribution in [0.5, 0.6) is 0 Å². The third-order valence-electron chi connectivity index (χ3n) is 5.73. The minimum atomic E-state index is -4.61. The molecule has 3 aromatic heterocycles. The summed E-state index contributed by atoms with van der Waals surface area (Å²) in [5, 5.41) is 9.77. The molecule has 10 heteroatoms. The number of aromatic amines is 1. The normalized spacial score (nSPS) is 16.2. The van der Waals surface area contributed by atoms with Crippen LogP contribution in [0.1, 0.15) is 35.6 Å². The molecule has 5 rings (SSSR count). The van der Waals surface area contributed by atoms with E-state index in [0.29, 0.717) is 17.9 Å². The lowest BCUT2D eigenvalue weighted by Crippen LogP contribution is -2.15. The number of pyridine rings is 1. The number of benzene rings is 1. The molecule has 6 nitrogen and oxygen atoms in total. The number of imidazole rings is 1. The molecular weight excluding hydrogens is 441 g/mol. The number of hydrogen-bond donors (Lipinski definition) is 1. The molecule has 0 saturated carbocycles. The highest BCUT2D eigenvalue weighted by atomic mass is 35.5. The van der Waals surface area contributed by atoms with Crippen molar-refractivity contribution in [1.82, 2.24) is 29.9 Å². The number of rotatable bonds is 4. The van der Waals surface area contributed by atoms with Crippen LogP contribution in [0.25, 0.3) is 22.6 Å². The summed E-state index contributed by atoms with van der Waals surface area (Å²) in [6.45, 7) is 0.713. The topological polar surface area (TPSA) is 72.3 Å². The summed E-state index contributed by atoms with van der Waals surface area (Å²) in [5.41, 5.74) is 2.44. The van der Waals surface area contributed by atoms with E-state index in [-0.39, 0.29) is 17.2 Å². The first-order valence-corrected chi connectivity index (χ1v) is 10.5. The highest BCUT2D eigenvalue weighted by molar-refractivity contribution is 6.31. The van der Waals surface area contributed by atoms with Gasteiger partial charge >= 0.3 is 6.18 Å². The summed E-state index contributed by atoms with van der Waals surface area (Å²) in [6.07, 6.45) is 3.56. The molecule has 1 aliphatic carbocycles. The van der Waals surface area contributed by atoms with Crippen molar-refractivity contribution >= 4 is 11.6 Å². The van der Waals surface area contributed by atoms with Gasteiger partial charge in [-0.1, -0.05) is 23.7 Å². The Morgan fingerprint density at radius 1 is 1.12 bits per heavy atom. The summed E-state index contributed by atoms with van der Waals surface area (Å²) in [4.78, 5) is 8.71. The van der Waals surface area contributed by atoms with Crippen molar-refractivity contribution in [1.29, 1.82) is 0 Å². The first-order chi connectivity index (χ1) is 15.4. The minimum absolute atomic E-state index is 0.263. The van der Waals surface area contributed by atoms with Gasteiger partial charge in [-0.25, -0.2) is 4.98 Å². The number of halogens is 4. The molecule has 0 radical (unpaired) electrons. The number of nitrogens with one attached hydrogen (secondary N) is 1. The van der Waals surface area contributed by atoms with E-state index in [1.54, 1.807) is 6.33 Å². The molecule has 3 heterocycles. The molecule has 164 valence electrons. The third-order valence-corrected chi connectivity index (χ3v) is 6.06.